The summed E-state index contributed by atoms with van der Waals surface area (Å²) in [7, 11) is -2.41. The number of carboxylic acid groups (broad SMARTS) is 1. The molecule has 1 N–H and O–H groups in total. The molecule has 0 aromatic rings. The van der Waals surface area contributed by atoms with Crippen LogP contribution in [0.2, 0.25) is 0 Å². The Morgan fingerprint density at radius 3 is 1.50 bits per heavy atom. The first-order valence-corrected chi connectivity index (χ1v) is 6.79. The zero-order valence-corrected chi connectivity index (χ0v) is 16.2. The van der Waals surface area contributed by atoms with Crippen molar-refractivity contribution in [3.05, 3.63) is 0 Å². The molecule has 0 radical (unpaired) electrons. The Balaban J connectivity index is 0. The van der Waals surface area contributed by atoms with E-state index in [0.29, 0.717) is 25.9 Å². The van der Waals surface area contributed by atoms with Gasteiger partial charge in [0.25, 0.3) is 17.9 Å². The summed E-state index contributed by atoms with van der Waals surface area (Å²) in [5.41, 5.74) is 0. The molecule has 12 heteroatoms. The summed E-state index contributed by atoms with van der Waals surface area (Å²) in [4.78, 5) is 53.5. The zero-order valence-electron chi connectivity index (χ0n) is 14.2. The molecular formula is C12H19BNNaO9. The fraction of sp³-hybridized carbons (Fsp3) is 0.583. The molecule has 130 valence electrons. The van der Waals surface area contributed by atoms with Crippen LogP contribution < -0.4 is 29.6 Å². The van der Waals surface area contributed by atoms with E-state index in [-0.39, 0.29) is 35.3 Å². The average molecular weight is 355 g/mol. The van der Waals surface area contributed by atoms with Crippen molar-refractivity contribution in [1.82, 2.24) is 4.90 Å². The first-order valence-electron chi connectivity index (χ1n) is 6.79. The average Bonchev–Trinajstić information content (AvgIpc) is 2.37. The summed E-state index contributed by atoms with van der Waals surface area (Å²) in [5, 5.41) is 8.44. The second-order valence-electron chi connectivity index (χ2n) is 4.57. The van der Waals surface area contributed by atoms with Gasteiger partial charge in [-0.3, -0.25) is 19.2 Å². The number of rotatable bonds is 3. The molecule has 0 aliphatic carbocycles. The van der Waals surface area contributed by atoms with E-state index in [2.05, 4.69) is 14.0 Å². The monoisotopic (exact) mass is 355 g/mol. The van der Waals surface area contributed by atoms with Crippen molar-refractivity contribution in [2.45, 2.75) is 33.6 Å². The van der Waals surface area contributed by atoms with Crippen molar-refractivity contribution in [1.29, 1.82) is 0 Å². The molecule has 0 unspecified atom stereocenters. The summed E-state index contributed by atoms with van der Waals surface area (Å²) in [5.74, 6) is -1.87. The zero-order chi connectivity index (χ0) is 18.0. The van der Waals surface area contributed by atoms with Crippen LogP contribution in [0.4, 0.5) is 4.79 Å². The van der Waals surface area contributed by atoms with Crippen LogP contribution in [0.15, 0.2) is 0 Å². The standard InChI is InChI=1S/C6H10BO6.C6H9NO3.Na/c1-4(8)11-7(12-5(2)9)13-6(3)10;8-5-1-3-7(4-2-5)6(9)10;/h7H,1-3H3;1-4H2,(H,9,10);/q-1;;+1. The normalized spacial score (nSPS) is 13.0. The van der Waals surface area contributed by atoms with Gasteiger partial charge < -0.3 is 24.0 Å². The van der Waals surface area contributed by atoms with Gasteiger partial charge in [0.05, 0.1) is 0 Å². The van der Waals surface area contributed by atoms with E-state index in [1.165, 1.54) is 4.90 Å². The molecule has 0 spiro atoms. The van der Waals surface area contributed by atoms with E-state index in [9.17, 15) is 24.0 Å². The van der Waals surface area contributed by atoms with E-state index in [4.69, 9.17) is 5.11 Å². The van der Waals surface area contributed by atoms with Crippen LogP contribution in [-0.2, 0) is 33.1 Å². The van der Waals surface area contributed by atoms with Crippen LogP contribution in [0.5, 0.6) is 0 Å². The van der Waals surface area contributed by atoms with Gasteiger partial charge in [-0.15, -0.1) is 0 Å². The largest absolute Gasteiger partial charge is 1.00 e. The summed E-state index contributed by atoms with van der Waals surface area (Å²) >= 11 is 0. The molecule has 0 saturated carbocycles. The van der Waals surface area contributed by atoms with E-state index in [1.807, 2.05) is 0 Å². The molecule has 0 bridgehead atoms. The molecule has 1 aliphatic rings. The Morgan fingerprint density at radius 1 is 0.917 bits per heavy atom. The molecular weight excluding hydrogens is 336 g/mol. The Labute approximate surface area is 161 Å². The van der Waals surface area contributed by atoms with E-state index >= 15 is 0 Å². The third-order valence-corrected chi connectivity index (χ3v) is 2.55. The quantitative estimate of drug-likeness (QED) is 0.517. The molecule has 1 amide bonds. The van der Waals surface area contributed by atoms with Gasteiger partial charge in [-0.25, -0.2) is 4.79 Å². The first kappa shape index (κ1) is 24.7. The predicted molar refractivity (Wildman–Crippen MR) is 76.3 cm³/mol. The molecule has 1 heterocycles. The molecule has 10 nitrogen and oxygen atoms in total. The minimum Gasteiger partial charge on any atom is -0.625 e. The number of Topliss-reactive ketones (excluding diaryl/α,β-unsaturated/α-hetero) is 1. The Hall–Kier alpha value is -1.59. The molecule has 0 aromatic carbocycles. The number of carbonyl (C=O) groups excluding carboxylic acids is 4. The number of amides is 1. The Bertz CT molecular complexity index is 437. The number of piperidine rings is 1. The minimum atomic E-state index is -2.41. The molecule has 24 heavy (non-hydrogen) atoms. The van der Waals surface area contributed by atoms with Gasteiger partial charge in [0.1, 0.15) is 5.78 Å². The number of carbonyl (C=O) groups is 5. The van der Waals surface area contributed by atoms with Crippen LogP contribution in [0.1, 0.15) is 33.6 Å². The van der Waals surface area contributed by atoms with Gasteiger partial charge in [-0.2, -0.15) is 0 Å². The third kappa shape index (κ3) is 12.9. The van der Waals surface area contributed by atoms with Crippen molar-refractivity contribution in [3.8, 4) is 0 Å². The minimum absolute atomic E-state index is 0. The van der Waals surface area contributed by atoms with E-state index in [0.717, 1.165) is 20.8 Å². The van der Waals surface area contributed by atoms with Gasteiger partial charge in [-0.05, 0) is 0 Å². The number of hydrogen-bond donors (Lipinski definition) is 1. The fourth-order valence-corrected chi connectivity index (χ4v) is 1.53. The van der Waals surface area contributed by atoms with Crippen LogP contribution >= 0.6 is 0 Å². The first-order chi connectivity index (χ1) is 10.6. The van der Waals surface area contributed by atoms with Crippen molar-refractivity contribution < 1.29 is 72.6 Å². The van der Waals surface area contributed by atoms with Crippen molar-refractivity contribution in [2.75, 3.05) is 13.1 Å². The molecule has 1 rings (SSSR count). The van der Waals surface area contributed by atoms with Crippen LogP contribution in [0.3, 0.4) is 0 Å². The second-order valence-corrected chi connectivity index (χ2v) is 4.57. The Kier molecular flexibility index (Phi) is 13.1. The summed E-state index contributed by atoms with van der Waals surface area (Å²) in [6.07, 6.45) is -0.161. The van der Waals surface area contributed by atoms with Gasteiger partial charge in [0.15, 0.2) is 0 Å². The van der Waals surface area contributed by atoms with E-state index in [1.54, 1.807) is 0 Å². The maximum absolute atomic E-state index is 10.6. The molecule has 1 fully saturated rings. The molecule has 0 atom stereocenters. The van der Waals surface area contributed by atoms with Crippen molar-refractivity contribution >= 4 is 37.1 Å². The number of hydrogen-bond acceptors (Lipinski definition) is 8. The molecule has 1 saturated heterocycles. The third-order valence-electron chi connectivity index (χ3n) is 2.55. The number of ketones is 1. The van der Waals surface area contributed by atoms with Crippen molar-refractivity contribution in [2.24, 2.45) is 0 Å². The fourth-order valence-electron chi connectivity index (χ4n) is 1.53. The van der Waals surface area contributed by atoms with Crippen molar-refractivity contribution in [3.63, 3.8) is 0 Å². The summed E-state index contributed by atoms with van der Waals surface area (Å²) in [6.45, 7) is 4.09. The van der Waals surface area contributed by atoms with Crippen LogP contribution in [0.25, 0.3) is 0 Å². The maximum atomic E-state index is 10.6. The molecule has 0 aromatic heterocycles. The maximum Gasteiger partial charge on any atom is 1.00 e. The Morgan fingerprint density at radius 2 is 1.25 bits per heavy atom. The number of nitrogens with zero attached hydrogens (tertiary/aromatic N) is 1. The summed E-state index contributed by atoms with van der Waals surface area (Å²) in [6, 6.07) is 0. The SMILES string of the molecule is CC(=O)O[BH-](OC(C)=O)OC(C)=O.O=C1CCN(C(=O)O)CC1.[Na+]. The summed E-state index contributed by atoms with van der Waals surface area (Å²) < 4.78 is 13.3. The van der Waals surface area contributed by atoms with Crippen LogP contribution in [0, 0.1) is 0 Å². The van der Waals surface area contributed by atoms with Gasteiger partial charge in [-0.1, -0.05) is 0 Å². The smallest absolute Gasteiger partial charge is 0.625 e. The van der Waals surface area contributed by atoms with E-state index < -0.39 is 31.3 Å². The van der Waals surface area contributed by atoms with Gasteiger partial charge in [0, 0.05) is 46.7 Å². The second kappa shape index (κ2) is 12.8. The number of likely N-dealkylation sites (tertiary alicyclic amines) is 1. The predicted octanol–water partition coefficient (Wildman–Crippen LogP) is -3.27. The molecule has 1 aliphatic heterocycles. The topological polar surface area (TPSA) is 137 Å². The van der Waals surface area contributed by atoms with Crippen LogP contribution in [-0.4, -0.2) is 60.2 Å². The van der Waals surface area contributed by atoms with Gasteiger partial charge >= 0.3 is 43.0 Å². The van der Waals surface area contributed by atoms with Gasteiger partial charge in [0.2, 0.25) is 0 Å².